The molecule has 0 heterocycles. The molecule has 0 saturated carbocycles. The molecule has 96 valence electrons. The van der Waals surface area contributed by atoms with E-state index in [1.165, 1.54) is 6.07 Å². The molecule has 1 aromatic carbocycles. The quantitative estimate of drug-likeness (QED) is 0.837. The highest BCUT2D eigenvalue weighted by molar-refractivity contribution is 5.26. The van der Waals surface area contributed by atoms with Crippen molar-refractivity contribution in [3.8, 4) is 0 Å². The zero-order valence-electron chi connectivity index (χ0n) is 11.4. The summed E-state index contributed by atoms with van der Waals surface area (Å²) in [7, 11) is 0. The standard InChI is InChI=1S/C15H23FO/c1-9(2)14(10(3)4)15(17)12-6-7-13(16)11(5)8-12/h6-10,14-15,17H,1-5H3. The first kappa shape index (κ1) is 14.2. The van der Waals surface area contributed by atoms with Gasteiger partial charge >= 0.3 is 0 Å². The van der Waals surface area contributed by atoms with Gasteiger partial charge < -0.3 is 5.11 Å². The summed E-state index contributed by atoms with van der Waals surface area (Å²) < 4.78 is 13.2. The highest BCUT2D eigenvalue weighted by Gasteiger charge is 2.27. The molecule has 1 aromatic rings. The van der Waals surface area contributed by atoms with Crippen molar-refractivity contribution in [2.75, 3.05) is 0 Å². The van der Waals surface area contributed by atoms with Crippen LogP contribution in [0.25, 0.3) is 0 Å². The summed E-state index contributed by atoms with van der Waals surface area (Å²) in [5, 5.41) is 10.4. The second-order valence-corrected chi connectivity index (χ2v) is 5.52. The van der Waals surface area contributed by atoms with Crippen molar-refractivity contribution < 1.29 is 9.50 Å². The maximum absolute atomic E-state index is 13.2. The van der Waals surface area contributed by atoms with Crippen LogP contribution in [0.4, 0.5) is 4.39 Å². The molecule has 0 radical (unpaired) electrons. The first-order valence-corrected chi connectivity index (χ1v) is 6.28. The van der Waals surface area contributed by atoms with E-state index in [2.05, 4.69) is 27.7 Å². The number of hydrogen-bond donors (Lipinski definition) is 1. The van der Waals surface area contributed by atoms with Gasteiger partial charge in [0.25, 0.3) is 0 Å². The SMILES string of the molecule is Cc1cc(C(O)C(C(C)C)C(C)C)ccc1F. The van der Waals surface area contributed by atoms with Crippen LogP contribution in [0, 0.1) is 30.5 Å². The third kappa shape index (κ3) is 3.29. The molecular weight excluding hydrogens is 215 g/mol. The number of hydrogen-bond acceptors (Lipinski definition) is 1. The van der Waals surface area contributed by atoms with E-state index in [9.17, 15) is 9.50 Å². The molecule has 1 atom stereocenters. The zero-order valence-corrected chi connectivity index (χ0v) is 11.4. The molecular formula is C15H23FO. The van der Waals surface area contributed by atoms with Gasteiger partial charge in [0, 0.05) is 0 Å². The number of aryl methyl sites for hydroxylation is 1. The lowest BCUT2D eigenvalue weighted by atomic mass is 9.78. The monoisotopic (exact) mass is 238 g/mol. The lowest BCUT2D eigenvalue weighted by molar-refractivity contribution is 0.0524. The first-order chi connectivity index (χ1) is 7.84. The Balaban J connectivity index is 3.01. The van der Waals surface area contributed by atoms with E-state index < -0.39 is 6.10 Å². The van der Waals surface area contributed by atoms with E-state index in [1.807, 2.05) is 0 Å². The maximum atomic E-state index is 13.2. The Hall–Kier alpha value is -0.890. The third-order valence-corrected chi connectivity index (χ3v) is 3.43. The molecule has 1 N–H and O–H groups in total. The summed E-state index contributed by atoms with van der Waals surface area (Å²) in [5.74, 6) is 0.775. The fourth-order valence-corrected chi connectivity index (χ4v) is 2.57. The van der Waals surface area contributed by atoms with Crippen molar-refractivity contribution in [3.63, 3.8) is 0 Å². The number of halogens is 1. The smallest absolute Gasteiger partial charge is 0.126 e. The average Bonchev–Trinajstić information content (AvgIpc) is 2.20. The minimum absolute atomic E-state index is 0.194. The Bertz CT molecular complexity index is 363. The second-order valence-electron chi connectivity index (χ2n) is 5.52. The van der Waals surface area contributed by atoms with Crippen molar-refractivity contribution in [2.24, 2.45) is 17.8 Å². The maximum Gasteiger partial charge on any atom is 0.126 e. The number of aliphatic hydroxyl groups excluding tert-OH is 1. The molecule has 1 unspecified atom stereocenters. The van der Waals surface area contributed by atoms with E-state index >= 15 is 0 Å². The Kier molecular flexibility index (Phi) is 4.70. The number of benzene rings is 1. The van der Waals surface area contributed by atoms with E-state index in [1.54, 1.807) is 19.1 Å². The molecule has 0 spiro atoms. The minimum Gasteiger partial charge on any atom is -0.388 e. The van der Waals surface area contributed by atoms with Gasteiger partial charge in [-0.2, -0.15) is 0 Å². The topological polar surface area (TPSA) is 20.2 Å². The van der Waals surface area contributed by atoms with E-state index in [-0.39, 0.29) is 11.7 Å². The molecule has 0 amide bonds. The summed E-state index contributed by atoms with van der Waals surface area (Å²) >= 11 is 0. The van der Waals surface area contributed by atoms with Crippen molar-refractivity contribution in [1.82, 2.24) is 0 Å². The van der Waals surface area contributed by atoms with Crippen LogP contribution >= 0.6 is 0 Å². The predicted octanol–water partition coefficient (Wildman–Crippen LogP) is 4.10. The van der Waals surface area contributed by atoms with Gasteiger partial charge in [-0.25, -0.2) is 4.39 Å². The Labute approximate surface area is 104 Å². The van der Waals surface area contributed by atoms with Crippen LogP contribution < -0.4 is 0 Å². The van der Waals surface area contributed by atoms with Crippen LogP contribution in [0.15, 0.2) is 18.2 Å². The second kappa shape index (κ2) is 5.63. The summed E-state index contributed by atoms with van der Waals surface area (Å²) in [6, 6.07) is 4.87. The van der Waals surface area contributed by atoms with Gasteiger partial charge in [-0.05, 0) is 41.9 Å². The molecule has 0 saturated heterocycles. The summed E-state index contributed by atoms with van der Waals surface area (Å²) in [4.78, 5) is 0. The first-order valence-electron chi connectivity index (χ1n) is 6.28. The largest absolute Gasteiger partial charge is 0.388 e. The number of aliphatic hydroxyl groups is 1. The lowest BCUT2D eigenvalue weighted by Crippen LogP contribution is -2.23. The van der Waals surface area contributed by atoms with E-state index in [0.29, 0.717) is 17.4 Å². The number of rotatable bonds is 4. The van der Waals surface area contributed by atoms with Crippen LogP contribution in [-0.4, -0.2) is 5.11 Å². The Morgan fingerprint density at radius 2 is 1.59 bits per heavy atom. The van der Waals surface area contributed by atoms with Crippen molar-refractivity contribution in [1.29, 1.82) is 0 Å². The molecule has 1 nitrogen and oxygen atoms in total. The van der Waals surface area contributed by atoms with Gasteiger partial charge in [-0.15, -0.1) is 0 Å². The summed E-state index contributed by atoms with van der Waals surface area (Å²) in [5.41, 5.74) is 1.41. The lowest BCUT2D eigenvalue weighted by Gasteiger charge is -2.30. The molecule has 0 aliphatic carbocycles. The van der Waals surface area contributed by atoms with Gasteiger partial charge in [0.15, 0.2) is 0 Å². The van der Waals surface area contributed by atoms with Crippen LogP contribution in [0.5, 0.6) is 0 Å². The summed E-state index contributed by atoms with van der Waals surface area (Å²) in [6.07, 6.45) is -0.519. The van der Waals surface area contributed by atoms with Gasteiger partial charge in [-0.1, -0.05) is 39.8 Å². The molecule has 1 rings (SSSR count). The fraction of sp³-hybridized carbons (Fsp3) is 0.600. The van der Waals surface area contributed by atoms with Gasteiger partial charge in [-0.3, -0.25) is 0 Å². The Morgan fingerprint density at radius 1 is 1.06 bits per heavy atom. The van der Waals surface area contributed by atoms with Crippen molar-refractivity contribution in [3.05, 3.63) is 35.1 Å². The highest BCUT2D eigenvalue weighted by atomic mass is 19.1. The third-order valence-electron chi connectivity index (χ3n) is 3.43. The van der Waals surface area contributed by atoms with E-state index in [0.717, 1.165) is 5.56 Å². The molecule has 0 fully saturated rings. The van der Waals surface area contributed by atoms with Crippen LogP contribution in [0.1, 0.15) is 44.9 Å². The molecule has 0 aliphatic rings. The molecule has 17 heavy (non-hydrogen) atoms. The molecule has 0 bridgehead atoms. The van der Waals surface area contributed by atoms with Crippen molar-refractivity contribution >= 4 is 0 Å². The van der Waals surface area contributed by atoms with Gasteiger partial charge in [0.2, 0.25) is 0 Å². The van der Waals surface area contributed by atoms with E-state index in [4.69, 9.17) is 0 Å². The molecule has 0 aliphatic heterocycles. The normalized spacial score (nSPS) is 13.8. The van der Waals surface area contributed by atoms with Gasteiger partial charge in [0.1, 0.15) is 5.82 Å². The van der Waals surface area contributed by atoms with Crippen LogP contribution in [0.3, 0.4) is 0 Å². The molecule has 2 heteroatoms. The Morgan fingerprint density at radius 3 is 2.00 bits per heavy atom. The highest BCUT2D eigenvalue weighted by Crippen LogP contribution is 2.34. The van der Waals surface area contributed by atoms with Gasteiger partial charge in [0.05, 0.1) is 6.10 Å². The molecule has 0 aromatic heterocycles. The predicted molar refractivity (Wildman–Crippen MR) is 69.3 cm³/mol. The fourth-order valence-electron chi connectivity index (χ4n) is 2.57. The summed E-state index contributed by atoms with van der Waals surface area (Å²) in [6.45, 7) is 10.2. The zero-order chi connectivity index (χ0) is 13.2. The van der Waals surface area contributed by atoms with Crippen LogP contribution in [0.2, 0.25) is 0 Å². The minimum atomic E-state index is -0.519. The average molecular weight is 238 g/mol. The van der Waals surface area contributed by atoms with Crippen molar-refractivity contribution in [2.45, 2.75) is 40.7 Å². The van der Waals surface area contributed by atoms with Crippen LogP contribution in [-0.2, 0) is 0 Å².